The van der Waals surface area contributed by atoms with E-state index in [0.717, 1.165) is 6.42 Å². The molecule has 0 saturated heterocycles. The van der Waals surface area contributed by atoms with Gasteiger partial charge in [0.25, 0.3) is 5.91 Å². The summed E-state index contributed by atoms with van der Waals surface area (Å²) in [5, 5.41) is 3.36. The topological polar surface area (TPSA) is 55.1 Å². The van der Waals surface area contributed by atoms with E-state index in [-0.39, 0.29) is 11.9 Å². The normalized spacial score (nSPS) is 12.2. The third kappa shape index (κ3) is 3.77. The average Bonchev–Trinajstić information content (AvgIpc) is 2.25. The van der Waals surface area contributed by atoms with E-state index in [1.165, 1.54) is 0 Å². The van der Waals surface area contributed by atoms with Crippen molar-refractivity contribution in [3.05, 3.63) is 33.3 Å². The molecule has 0 saturated carbocycles. The maximum atomic E-state index is 11.8. The number of halogens is 2. The van der Waals surface area contributed by atoms with E-state index in [4.69, 9.17) is 17.3 Å². The van der Waals surface area contributed by atoms with Crippen LogP contribution < -0.4 is 11.1 Å². The van der Waals surface area contributed by atoms with Gasteiger partial charge >= 0.3 is 0 Å². The molecule has 0 aliphatic rings. The molecule has 0 bridgehead atoms. The SMILES string of the molecule is CCC(N)CNC(=O)c1ccc(Cl)cc1Br. The van der Waals surface area contributed by atoms with Gasteiger partial charge in [0.2, 0.25) is 0 Å². The highest BCUT2D eigenvalue weighted by Crippen LogP contribution is 2.21. The predicted octanol–water partition coefficient (Wildman–Crippen LogP) is 2.57. The molecule has 1 amide bonds. The summed E-state index contributed by atoms with van der Waals surface area (Å²) in [6.45, 7) is 2.46. The van der Waals surface area contributed by atoms with Crippen LogP contribution in [0.4, 0.5) is 0 Å². The minimum atomic E-state index is -0.146. The van der Waals surface area contributed by atoms with Crippen molar-refractivity contribution >= 4 is 33.4 Å². The van der Waals surface area contributed by atoms with E-state index in [9.17, 15) is 4.79 Å². The number of rotatable bonds is 4. The molecule has 0 radical (unpaired) electrons. The van der Waals surface area contributed by atoms with E-state index in [2.05, 4.69) is 21.2 Å². The molecule has 3 nitrogen and oxygen atoms in total. The summed E-state index contributed by atoms with van der Waals surface area (Å²) in [4.78, 5) is 11.8. The van der Waals surface area contributed by atoms with Gasteiger partial charge in [0.1, 0.15) is 0 Å². The molecule has 0 fully saturated rings. The molecule has 16 heavy (non-hydrogen) atoms. The molecule has 1 rings (SSSR count). The third-order valence-corrected chi connectivity index (χ3v) is 3.12. The van der Waals surface area contributed by atoms with Crippen LogP contribution in [0, 0.1) is 0 Å². The summed E-state index contributed by atoms with van der Waals surface area (Å²) < 4.78 is 0.683. The Morgan fingerprint density at radius 1 is 1.62 bits per heavy atom. The fourth-order valence-electron chi connectivity index (χ4n) is 1.14. The Morgan fingerprint density at radius 2 is 2.31 bits per heavy atom. The van der Waals surface area contributed by atoms with Gasteiger partial charge in [-0.2, -0.15) is 0 Å². The molecule has 1 atom stereocenters. The zero-order valence-corrected chi connectivity index (χ0v) is 11.3. The molecule has 1 unspecified atom stereocenters. The highest BCUT2D eigenvalue weighted by molar-refractivity contribution is 9.10. The summed E-state index contributed by atoms with van der Waals surface area (Å²) in [6.07, 6.45) is 0.835. The third-order valence-electron chi connectivity index (χ3n) is 2.22. The smallest absolute Gasteiger partial charge is 0.252 e. The van der Waals surface area contributed by atoms with Crippen LogP contribution in [0.2, 0.25) is 5.02 Å². The Bertz CT molecular complexity index is 384. The van der Waals surface area contributed by atoms with E-state index in [0.29, 0.717) is 21.6 Å². The number of carbonyl (C=O) groups is 1. The van der Waals surface area contributed by atoms with Crippen molar-refractivity contribution in [2.24, 2.45) is 5.73 Å². The predicted molar refractivity (Wildman–Crippen MR) is 69.8 cm³/mol. The molecule has 88 valence electrons. The number of benzene rings is 1. The highest BCUT2D eigenvalue weighted by Gasteiger charge is 2.10. The van der Waals surface area contributed by atoms with Gasteiger partial charge in [-0.3, -0.25) is 4.79 Å². The number of nitrogens with two attached hydrogens (primary N) is 1. The molecule has 3 N–H and O–H groups in total. The van der Waals surface area contributed by atoms with Gasteiger partial charge in [-0.1, -0.05) is 18.5 Å². The fourth-order valence-corrected chi connectivity index (χ4v) is 2.00. The van der Waals surface area contributed by atoms with E-state index in [1.54, 1.807) is 18.2 Å². The first-order chi connectivity index (χ1) is 7.54. The van der Waals surface area contributed by atoms with E-state index < -0.39 is 0 Å². The van der Waals surface area contributed by atoms with Crippen LogP contribution in [0.25, 0.3) is 0 Å². The number of hydrogen-bond acceptors (Lipinski definition) is 2. The number of amides is 1. The van der Waals surface area contributed by atoms with Crippen molar-refractivity contribution in [2.75, 3.05) is 6.54 Å². The Kier molecular flexibility index (Phi) is 5.25. The number of hydrogen-bond donors (Lipinski definition) is 2. The highest BCUT2D eigenvalue weighted by atomic mass is 79.9. The Labute approximate surface area is 108 Å². The first kappa shape index (κ1) is 13.5. The zero-order valence-electron chi connectivity index (χ0n) is 8.97. The lowest BCUT2D eigenvalue weighted by Crippen LogP contribution is -2.36. The van der Waals surface area contributed by atoms with Crippen LogP contribution in [0.3, 0.4) is 0 Å². The summed E-state index contributed by atoms with van der Waals surface area (Å²) >= 11 is 9.09. The maximum Gasteiger partial charge on any atom is 0.252 e. The van der Waals surface area contributed by atoms with Crippen LogP contribution in [0.15, 0.2) is 22.7 Å². The van der Waals surface area contributed by atoms with Crippen LogP contribution in [0.1, 0.15) is 23.7 Å². The number of carbonyl (C=O) groups excluding carboxylic acids is 1. The Morgan fingerprint density at radius 3 is 2.88 bits per heavy atom. The molecular weight excluding hydrogens is 291 g/mol. The molecular formula is C11H14BrClN2O. The number of nitrogens with one attached hydrogen (secondary N) is 1. The van der Waals surface area contributed by atoms with Crippen molar-refractivity contribution in [1.82, 2.24) is 5.32 Å². The summed E-state index contributed by atoms with van der Waals surface area (Å²) in [7, 11) is 0. The summed E-state index contributed by atoms with van der Waals surface area (Å²) in [6, 6.07) is 5.05. The van der Waals surface area contributed by atoms with Crippen molar-refractivity contribution in [3.8, 4) is 0 Å². The van der Waals surface area contributed by atoms with Crippen molar-refractivity contribution in [1.29, 1.82) is 0 Å². The van der Waals surface area contributed by atoms with Crippen molar-refractivity contribution in [2.45, 2.75) is 19.4 Å². The van der Waals surface area contributed by atoms with Gasteiger partial charge in [0.05, 0.1) is 5.56 Å². The van der Waals surface area contributed by atoms with E-state index >= 15 is 0 Å². The van der Waals surface area contributed by atoms with Crippen LogP contribution in [0.5, 0.6) is 0 Å². The van der Waals surface area contributed by atoms with Crippen LogP contribution >= 0.6 is 27.5 Å². The van der Waals surface area contributed by atoms with Gasteiger partial charge < -0.3 is 11.1 Å². The minimum absolute atomic E-state index is 0.00461. The molecule has 1 aromatic carbocycles. The standard InChI is InChI=1S/C11H14BrClN2O/c1-2-8(14)6-15-11(16)9-4-3-7(13)5-10(9)12/h3-5,8H,2,6,14H2,1H3,(H,15,16). The van der Waals surface area contributed by atoms with Gasteiger partial charge in [0, 0.05) is 22.1 Å². The maximum absolute atomic E-state index is 11.8. The molecule has 1 aromatic rings. The molecule has 0 aromatic heterocycles. The minimum Gasteiger partial charge on any atom is -0.350 e. The first-order valence-electron chi connectivity index (χ1n) is 5.03. The molecule has 0 heterocycles. The van der Waals surface area contributed by atoms with Gasteiger partial charge in [-0.15, -0.1) is 0 Å². The molecule has 0 aliphatic heterocycles. The lowest BCUT2D eigenvalue weighted by molar-refractivity contribution is 0.0950. The molecule has 0 spiro atoms. The summed E-state index contributed by atoms with van der Waals surface area (Å²) in [5.41, 5.74) is 6.28. The van der Waals surface area contributed by atoms with Gasteiger partial charge in [-0.05, 0) is 40.5 Å². The van der Waals surface area contributed by atoms with Crippen molar-refractivity contribution in [3.63, 3.8) is 0 Å². The van der Waals surface area contributed by atoms with Crippen molar-refractivity contribution < 1.29 is 4.79 Å². The monoisotopic (exact) mass is 304 g/mol. The second-order valence-electron chi connectivity index (χ2n) is 3.50. The largest absolute Gasteiger partial charge is 0.350 e. The second kappa shape index (κ2) is 6.23. The lowest BCUT2D eigenvalue weighted by atomic mass is 10.2. The first-order valence-corrected chi connectivity index (χ1v) is 6.20. The Balaban J connectivity index is 2.66. The average molecular weight is 306 g/mol. The van der Waals surface area contributed by atoms with Crippen LogP contribution in [-0.4, -0.2) is 18.5 Å². The van der Waals surface area contributed by atoms with E-state index in [1.807, 2.05) is 6.92 Å². The molecule has 0 aliphatic carbocycles. The zero-order chi connectivity index (χ0) is 12.1. The Hall–Kier alpha value is -0.580. The fraction of sp³-hybridized carbons (Fsp3) is 0.364. The van der Waals surface area contributed by atoms with Gasteiger partial charge in [-0.25, -0.2) is 0 Å². The quantitative estimate of drug-likeness (QED) is 0.898. The lowest BCUT2D eigenvalue weighted by Gasteiger charge is -2.11. The molecule has 5 heteroatoms. The summed E-state index contributed by atoms with van der Waals surface area (Å²) in [5.74, 6) is -0.146. The van der Waals surface area contributed by atoms with Gasteiger partial charge in [0.15, 0.2) is 0 Å². The van der Waals surface area contributed by atoms with Crippen LogP contribution in [-0.2, 0) is 0 Å². The second-order valence-corrected chi connectivity index (χ2v) is 4.79.